The first kappa shape index (κ1) is 26.1. The Morgan fingerprint density at radius 2 is 1.85 bits per heavy atom. The fourth-order valence-electron chi connectivity index (χ4n) is 4.34. The van der Waals surface area contributed by atoms with Crippen LogP contribution < -0.4 is 4.90 Å². The summed E-state index contributed by atoms with van der Waals surface area (Å²) in [5.41, 5.74) is 5.65. The van der Waals surface area contributed by atoms with Gasteiger partial charge in [-0.2, -0.15) is 0 Å². The van der Waals surface area contributed by atoms with Crippen LogP contribution in [0.4, 0.5) is 5.13 Å². The van der Waals surface area contributed by atoms with E-state index >= 15 is 0 Å². The van der Waals surface area contributed by atoms with Gasteiger partial charge in [0.15, 0.2) is 5.13 Å². The van der Waals surface area contributed by atoms with Gasteiger partial charge in [-0.1, -0.05) is 45.0 Å². The lowest BCUT2D eigenvalue weighted by Crippen LogP contribution is -2.39. The van der Waals surface area contributed by atoms with Crippen molar-refractivity contribution in [2.75, 3.05) is 44.3 Å². The predicted octanol–water partition coefficient (Wildman–Crippen LogP) is 5.70. The number of benzene rings is 2. The molecule has 0 saturated carbocycles. The van der Waals surface area contributed by atoms with Crippen LogP contribution in [0.5, 0.6) is 0 Å². The summed E-state index contributed by atoms with van der Waals surface area (Å²) in [7, 11) is 0. The van der Waals surface area contributed by atoms with Crippen LogP contribution in [0.1, 0.15) is 28.7 Å². The molecule has 0 atom stereocenters. The van der Waals surface area contributed by atoms with Crippen molar-refractivity contribution in [3.05, 3.63) is 57.1 Å². The van der Waals surface area contributed by atoms with Gasteiger partial charge in [0.2, 0.25) is 5.91 Å². The summed E-state index contributed by atoms with van der Waals surface area (Å²) in [6.45, 7) is 11.4. The number of rotatable bonds is 7. The topological polar surface area (TPSA) is 45.7 Å². The number of morpholine rings is 1. The molecule has 0 N–H and O–H groups in total. The number of halogens is 2. The molecule has 8 heteroatoms. The van der Waals surface area contributed by atoms with Gasteiger partial charge >= 0.3 is 0 Å². The number of fused-ring (bicyclic) bond motifs is 1. The van der Waals surface area contributed by atoms with Crippen molar-refractivity contribution in [1.82, 2.24) is 9.88 Å². The van der Waals surface area contributed by atoms with Gasteiger partial charge in [-0.3, -0.25) is 14.6 Å². The van der Waals surface area contributed by atoms with Gasteiger partial charge < -0.3 is 4.74 Å². The molecule has 0 spiro atoms. The van der Waals surface area contributed by atoms with Crippen LogP contribution in [0.2, 0.25) is 0 Å². The fourth-order valence-corrected chi connectivity index (χ4v) is 5.90. The molecule has 5 nitrogen and oxygen atoms in total. The summed E-state index contributed by atoms with van der Waals surface area (Å²) in [5.74, 6) is 0.111. The molecule has 4 rings (SSSR count). The van der Waals surface area contributed by atoms with Crippen molar-refractivity contribution < 1.29 is 9.53 Å². The maximum absolute atomic E-state index is 13.6. The summed E-state index contributed by atoms with van der Waals surface area (Å²) in [5, 5.41) is 0.785. The highest BCUT2D eigenvalue weighted by molar-refractivity contribution is 9.10. The first-order valence-corrected chi connectivity index (χ1v) is 12.7. The largest absolute Gasteiger partial charge is 0.379 e. The van der Waals surface area contributed by atoms with Crippen molar-refractivity contribution in [2.24, 2.45) is 0 Å². The molecule has 2 aromatic carbocycles. The molecular formula is C25H31BrClN3O2S. The number of amides is 1. The van der Waals surface area contributed by atoms with Gasteiger partial charge in [0.25, 0.3) is 0 Å². The minimum absolute atomic E-state index is 0. The number of ether oxygens (including phenoxy) is 1. The molecule has 0 unspecified atom stereocenters. The Morgan fingerprint density at radius 1 is 1.15 bits per heavy atom. The summed E-state index contributed by atoms with van der Waals surface area (Å²) >= 11 is 5.13. The van der Waals surface area contributed by atoms with Crippen molar-refractivity contribution in [1.29, 1.82) is 0 Å². The number of aryl methyl sites for hydroxylation is 3. The van der Waals surface area contributed by atoms with Crippen molar-refractivity contribution in [2.45, 2.75) is 33.6 Å². The Morgan fingerprint density at radius 3 is 2.55 bits per heavy atom. The van der Waals surface area contributed by atoms with Gasteiger partial charge in [0.1, 0.15) is 0 Å². The number of thiazole rings is 1. The van der Waals surface area contributed by atoms with Crippen LogP contribution in [0, 0.1) is 20.8 Å². The molecular weight excluding hydrogens is 522 g/mol. The molecule has 0 radical (unpaired) electrons. The molecule has 1 aliphatic heterocycles. The van der Waals surface area contributed by atoms with E-state index in [2.05, 4.69) is 59.8 Å². The quantitative estimate of drug-likeness (QED) is 0.377. The average Bonchev–Trinajstić information content (AvgIpc) is 3.17. The van der Waals surface area contributed by atoms with Crippen molar-refractivity contribution in [3.8, 4) is 0 Å². The summed E-state index contributed by atoms with van der Waals surface area (Å²) < 4.78 is 7.57. The lowest BCUT2D eigenvalue weighted by molar-refractivity contribution is -0.118. The molecule has 33 heavy (non-hydrogen) atoms. The van der Waals surface area contributed by atoms with Crippen LogP contribution in [0.25, 0.3) is 10.2 Å². The zero-order valence-corrected chi connectivity index (χ0v) is 22.6. The van der Waals surface area contributed by atoms with Gasteiger partial charge in [0.05, 0.1) is 29.9 Å². The fraction of sp³-hybridized carbons (Fsp3) is 0.440. The molecule has 1 fully saturated rings. The minimum Gasteiger partial charge on any atom is -0.379 e. The summed E-state index contributed by atoms with van der Waals surface area (Å²) in [6.07, 6.45) is 1.31. The summed E-state index contributed by atoms with van der Waals surface area (Å²) in [6, 6.07) is 10.4. The zero-order valence-electron chi connectivity index (χ0n) is 19.4. The van der Waals surface area contributed by atoms with Crippen LogP contribution in [-0.2, 0) is 16.0 Å². The van der Waals surface area contributed by atoms with Crippen LogP contribution >= 0.6 is 39.7 Å². The van der Waals surface area contributed by atoms with E-state index in [0.29, 0.717) is 13.0 Å². The standard InChI is InChI=1S/C25H30BrN3O2S.ClH/c1-17-13-18(2)21(19(3)14-17)16-24(30)29(8-4-7-28-9-11-31-12-10-28)25-27-22-6-5-20(26)15-23(22)32-25;/h5-6,13-15H,4,7-12,16H2,1-3H3;1H. The Labute approximate surface area is 214 Å². The van der Waals surface area contributed by atoms with E-state index in [1.807, 2.05) is 17.0 Å². The molecule has 1 amide bonds. The number of carbonyl (C=O) groups is 1. The molecule has 1 aliphatic rings. The second-order valence-electron chi connectivity index (χ2n) is 8.52. The lowest BCUT2D eigenvalue weighted by Gasteiger charge is -2.28. The molecule has 3 aromatic rings. The monoisotopic (exact) mass is 551 g/mol. The number of hydrogen-bond donors (Lipinski definition) is 0. The molecule has 0 aliphatic carbocycles. The lowest BCUT2D eigenvalue weighted by atomic mass is 9.97. The first-order valence-electron chi connectivity index (χ1n) is 11.1. The van der Waals surface area contributed by atoms with Crippen LogP contribution in [0.3, 0.4) is 0 Å². The second-order valence-corrected chi connectivity index (χ2v) is 10.4. The van der Waals surface area contributed by atoms with Crippen LogP contribution in [-0.4, -0.2) is 55.2 Å². The number of hydrogen-bond acceptors (Lipinski definition) is 5. The Bertz CT molecular complexity index is 1090. The Balaban J connectivity index is 0.00000306. The molecule has 2 heterocycles. The average molecular weight is 553 g/mol. The number of nitrogens with zero attached hydrogens (tertiary/aromatic N) is 3. The molecule has 1 saturated heterocycles. The second kappa shape index (κ2) is 11.8. The van der Waals surface area contributed by atoms with E-state index in [4.69, 9.17) is 9.72 Å². The van der Waals surface area contributed by atoms with Crippen molar-refractivity contribution >= 4 is 60.9 Å². The van der Waals surface area contributed by atoms with Gasteiger partial charge in [-0.15, -0.1) is 12.4 Å². The SMILES string of the molecule is Cc1cc(C)c(CC(=O)N(CCCN2CCOCC2)c2nc3ccc(Br)cc3s2)c(C)c1.Cl. The zero-order chi connectivity index (χ0) is 22.7. The van der Waals surface area contributed by atoms with Crippen molar-refractivity contribution in [3.63, 3.8) is 0 Å². The maximum Gasteiger partial charge on any atom is 0.233 e. The third kappa shape index (κ3) is 6.55. The minimum atomic E-state index is 0. The smallest absolute Gasteiger partial charge is 0.233 e. The highest BCUT2D eigenvalue weighted by atomic mass is 79.9. The molecule has 1 aromatic heterocycles. The maximum atomic E-state index is 13.6. The van der Waals surface area contributed by atoms with E-state index in [9.17, 15) is 4.79 Å². The van der Waals surface area contributed by atoms with Crippen LogP contribution in [0.15, 0.2) is 34.8 Å². The van der Waals surface area contributed by atoms with E-state index in [1.54, 1.807) is 11.3 Å². The third-order valence-electron chi connectivity index (χ3n) is 6.00. The number of carbonyl (C=O) groups excluding carboxylic acids is 1. The Kier molecular flexibility index (Phi) is 9.30. The molecule has 0 bridgehead atoms. The van der Waals surface area contributed by atoms with E-state index in [-0.39, 0.29) is 18.3 Å². The third-order valence-corrected chi connectivity index (χ3v) is 7.53. The van der Waals surface area contributed by atoms with Gasteiger partial charge in [-0.05, 0) is 62.1 Å². The van der Waals surface area contributed by atoms with E-state index in [0.717, 1.165) is 64.7 Å². The van der Waals surface area contributed by atoms with Gasteiger partial charge in [0, 0.05) is 30.7 Å². The van der Waals surface area contributed by atoms with E-state index < -0.39 is 0 Å². The summed E-state index contributed by atoms with van der Waals surface area (Å²) in [4.78, 5) is 22.7. The first-order chi connectivity index (χ1) is 15.4. The number of aromatic nitrogens is 1. The predicted molar refractivity (Wildman–Crippen MR) is 143 cm³/mol. The molecule has 178 valence electrons. The Hall–Kier alpha value is -1.51. The van der Waals surface area contributed by atoms with Gasteiger partial charge in [-0.25, -0.2) is 4.98 Å². The normalized spacial score (nSPS) is 14.3. The van der Waals surface area contributed by atoms with E-state index in [1.165, 1.54) is 16.7 Å². The number of anilines is 1. The highest BCUT2D eigenvalue weighted by Crippen LogP contribution is 2.31. The highest BCUT2D eigenvalue weighted by Gasteiger charge is 2.22.